The van der Waals surface area contributed by atoms with Crippen LogP contribution >= 0.6 is 0 Å². The Hall–Kier alpha value is -1.35. The fourth-order valence-corrected chi connectivity index (χ4v) is 3.36. The van der Waals surface area contributed by atoms with Crippen LogP contribution < -0.4 is 5.32 Å². The number of aryl methyl sites for hydroxylation is 1. The van der Waals surface area contributed by atoms with Crippen LogP contribution in [0.3, 0.4) is 0 Å². The molecule has 0 bridgehead atoms. The Labute approximate surface area is 134 Å². The molecule has 0 radical (unpaired) electrons. The van der Waals surface area contributed by atoms with Gasteiger partial charge in [-0.25, -0.2) is 0 Å². The molecule has 1 heterocycles. The van der Waals surface area contributed by atoms with Crippen LogP contribution in [0.15, 0.2) is 30.3 Å². The van der Waals surface area contributed by atoms with Crippen LogP contribution in [-0.4, -0.2) is 24.2 Å². The molecule has 3 atom stereocenters. The van der Waals surface area contributed by atoms with E-state index in [0.717, 1.165) is 32.1 Å². The topological polar surface area (TPSA) is 38.3 Å². The van der Waals surface area contributed by atoms with E-state index >= 15 is 0 Å². The van der Waals surface area contributed by atoms with Crippen molar-refractivity contribution in [1.29, 1.82) is 0 Å². The van der Waals surface area contributed by atoms with Gasteiger partial charge >= 0.3 is 0 Å². The molecular weight excluding hydrogens is 274 g/mol. The Morgan fingerprint density at radius 2 is 1.91 bits per heavy atom. The standard InChI is InChI=1S/C19H29NO2/c1-14(2)11-19-13-17(20-15(3)21)12-18(22-19)10-9-16-7-5-4-6-8-16/h4-8,14,17-19H,9-13H2,1-3H3,(H,20,21)/t17-,18+,19-/m0/s1. The summed E-state index contributed by atoms with van der Waals surface area (Å²) in [5.74, 6) is 0.688. The number of nitrogens with one attached hydrogen (secondary N) is 1. The van der Waals surface area contributed by atoms with Crippen molar-refractivity contribution >= 4 is 5.91 Å². The molecule has 22 heavy (non-hydrogen) atoms. The highest BCUT2D eigenvalue weighted by Gasteiger charge is 2.30. The SMILES string of the molecule is CC(=O)N[C@H]1C[C@@H](CCc2ccccc2)O[C@@H](CC(C)C)C1. The van der Waals surface area contributed by atoms with Crippen LogP contribution in [0.4, 0.5) is 0 Å². The summed E-state index contributed by atoms with van der Waals surface area (Å²) in [4.78, 5) is 11.4. The second kappa shape index (κ2) is 8.33. The Morgan fingerprint density at radius 1 is 1.23 bits per heavy atom. The van der Waals surface area contributed by atoms with Gasteiger partial charge in [-0.3, -0.25) is 4.79 Å². The largest absolute Gasteiger partial charge is 0.375 e. The number of carbonyl (C=O) groups is 1. The van der Waals surface area contributed by atoms with E-state index < -0.39 is 0 Å². The van der Waals surface area contributed by atoms with E-state index in [9.17, 15) is 4.79 Å². The van der Waals surface area contributed by atoms with Crippen molar-refractivity contribution in [3.05, 3.63) is 35.9 Å². The molecule has 1 aliphatic heterocycles. The normalized spacial score (nSPS) is 25.2. The minimum atomic E-state index is 0.0667. The van der Waals surface area contributed by atoms with Crippen LogP contribution in [0.5, 0.6) is 0 Å². The van der Waals surface area contributed by atoms with Crippen molar-refractivity contribution < 1.29 is 9.53 Å². The second-order valence-electron chi connectivity index (χ2n) is 6.90. The molecule has 0 unspecified atom stereocenters. The maximum Gasteiger partial charge on any atom is 0.217 e. The Morgan fingerprint density at radius 3 is 2.55 bits per heavy atom. The number of rotatable bonds is 6. The third kappa shape index (κ3) is 5.80. The van der Waals surface area contributed by atoms with Crippen LogP contribution in [0.25, 0.3) is 0 Å². The quantitative estimate of drug-likeness (QED) is 0.870. The molecule has 0 saturated carbocycles. The van der Waals surface area contributed by atoms with Gasteiger partial charge in [-0.05, 0) is 43.6 Å². The van der Waals surface area contributed by atoms with Gasteiger partial charge in [0.2, 0.25) is 5.91 Å². The minimum absolute atomic E-state index is 0.0667. The summed E-state index contributed by atoms with van der Waals surface area (Å²) in [6.07, 6.45) is 5.51. The number of ether oxygens (including phenoxy) is 1. The van der Waals surface area contributed by atoms with Gasteiger partial charge in [0.1, 0.15) is 0 Å². The summed E-state index contributed by atoms with van der Waals surface area (Å²) in [6, 6.07) is 10.8. The van der Waals surface area contributed by atoms with Gasteiger partial charge in [0.05, 0.1) is 12.2 Å². The highest BCUT2D eigenvalue weighted by atomic mass is 16.5. The van der Waals surface area contributed by atoms with Crippen molar-refractivity contribution in [2.45, 2.75) is 71.1 Å². The van der Waals surface area contributed by atoms with Crippen molar-refractivity contribution in [1.82, 2.24) is 5.32 Å². The second-order valence-corrected chi connectivity index (χ2v) is 6.90. The fraction of sp³-hybridized carbons (Fsp3) is 0.632. The van der Waals surface area contributed by atoms with Gasteiger partial charge < -0.3 is 10.1 Å². The molecule has 3 nitrogen and oxygen atoms in total. The molecule has 1 aromatic rings. The molecule has 1 fully saturated rings. The van der Waals surface area contributed by atoms with E-state index in [2.05, 4.69) is 43.4 Å². The average molecular weight is 303 g/mol. The Kier molecular flexibility index (Phi) is 6.44. The molecule has 1 amide bonds. The van der Waals surface area contributed by atoms with Gasteiger partial charge in [-0.15, -0.1) is 0 Å². The molecule has 1 aliphatic rings. The molecule has 1 N–H and O–H groups in total. The molecule has 0 aliphatic carbocycles. The third-order valence-electron chi connectivity index (χ3n) is 4.22. The summed E-state index contributed by atoms with van der Waals surface area (Å²) >= 11 is 0. The first-order valence-corrected chi connectivity index (χ1v) is 8.49. The van der Waals surface area contributed by atoms with Gasteiger partial charge in [0.15, 0.2) is 0 Å². The first-order valence-electron chi connectivity index (χ1n) is 8.49. The third-order valence-corrected chi connectivity index (χ3v) is 4.22. The Balaban J connectivity index is 1.91. The number of benzene rings is 1. The summed E-state index contributed by atoms with van der Waals surface area (Å²) in [5, 5.41) is 3.09. The molecule has 3 heteroatoms. The lowest BCUT2D eigenvalue weighted by molar-refractivity contribution is -0.122. The van der Waals surface area contributed by atoms with Crippen molar-refractivity contribution in [3.63, 3.8) is 0 Å². The van der Waals surface area contributed by atoms with E-state index in [1.807, 2.05) is 6.07 Å². The van der Waals surface area contributed by atoms with Gasteiger partial charge in [-0.2, -0.15) is 0 Å². The lowest BCUT2D eigenvalue weighted by Gasteiger charge is -2.36. The number of amides is 1. The average Bonchev–Trinajstić information content (AvgIpc) is 2.44. The first-order chi connectivity index (χ1) is 10.5. The first kappa shape index (κ1) is 17.0. The molecule has 1 saturated heterocycles. The zero-order chi connectivity index (χ0) is 15.9. The van der Waals surface area contributed by atoms with Gasteiger partial charge in [0, 0.05) is 13.0 Å². The molecule has 1 aromatic carbocycles. The van der Waals surface area contributed by atoms with E-state index in [0.29, 0.717) is 5.92 Å². The smallest absolute Gasteiger partial charge is 0.217 e. The number of hydrogen-bond donors (Lipinski definition) is 1. The maximum atomic E-state index is 11.4. The zero-order valence-electron chi connectivity index (χ0n) is 14.0. The Bertz CT molecular complexity index is 458. The fourth-order valence-electron chi connectivity index (χ4n) is 3.36. The van der Waals surface area contributed by atoms with Crippen molar-refractivity contribution in [3.8, 4) is 0 Å². The summed E-state index contributed by atoms with van der Waals surface area (Å²) < 4.78 is 6.28. The molecule has 0 spiro atoms. The molecule has 2 rings (SSSR count). The van der Waals surface area contributed by atoms with Crippen LogP contribution in [0.1, 0.15) is 52.0 Å². The number of carbonyl (C=O) groups excluding carboxylic acids is 1. The predicted molar refractivity (Wildman–Crippen MR) is 89.7 cm³/mol. The summed E-state index contributed by atoms with van der Waals surface area (Å²) in [6.45, 7) is 6.06. The van der Waals surface area contributed by atoms with Crippen molar-refractivity contribution in [2.24, 2.45) is 5.92 Å². The van der Waals surface area contributed by atoms with Crippen LogP contribution in [-0.2, 0) is 16.0 Å². The number of hydrogen-bond acceptors (Lipinski definition) is 2. The van der Waals surface area contributed by atoms with Crippen LogP contribution in [0, 0.1) is 5.92 Å². The lowest BCUT2D eigenvalue weighted by Crippen LogP contribution is -2.45. The molecular formula is C19H29NO2. The lowest BCUT2D eigenvalue weighted by atomic mass is 9.91. The molecule has 0 aromatic heterocycles. The minimum Gasteiger partial charge on any atom is -0.375 e. The van der Waals surface area contributed by atoms with Gasteiger partial charge in [0.25, 0.3) is 0 Å². The van der Waals surface area contributed by atoms with Crippen LogP contribution in [0.2, 0.25) is 0 Å². The van der Waals surface area contributed by atoms with E-state index in [1.165, 1.54) is 5.56 Å². The van der Waals surface area contributed by atoms with Gasteiger partial charge in [-0.1, -0.05) is 44.2 Å². The van der Waals surface area contributed by atoms with E-state index in [-0.39, 0.29) is 24.2 Å². The van der Waals surface area contributed by atoms with Crippen molar-refractivity contribution in [2.75, 3.05) is 0 Å². The predicted octanol–water partition coefficient (Wildman–Crippen LogP) is 3.72. The molecule has 122 valence electrons. The van der Waals surface area contributed by atoms with E-state index in [1.54, 1.807) is 6.92 Å². The summed E-state index contributed by atoms with van der Waals surface area (Å²) in [7, 11) is 0. The highest BCUT2D eigenvalue weighted by Crippen LogP contribution is 2.27. The van der Waals surface area contributed by atoms with E-state index in [4.69, 9.17) is 4.74 Å². The highest BCUT2D eigenvalue weighted by molar-refractivity contribution is 5.73. The zero-order valence-corrected chi connectivity index (χ0v) is 14.0. The summed E-state index contributed by atoms with van der Waals surface area (Å²) in [5.41, 5.74) is 1.35. The monoisotopic (exact) mass is 303 g/mol. The maximum absolute atomic E-state index is 11.4.